The van der Waals surface area contributed by atoms with Gasteiger partial charge in [-0.1, -0.05) is 12.8 Å². The zero-order valence-electron chi connectivity index (χ0n) is 14.5. The number of morpholine rings is 1. The molecule has 1 aliphatic heterocycles. The Labute approximate surface area is 143 Å². The van der Waals surface area contributed by atoms with Crippen LogP contribution in [0.1, 0.15) is 44.9 Å². The molecule has 1 saturated heterocycles. The number of amides is 1. The van der Waals surface area contributed by atoms with Crippen molar-refractivity contribution in [2.75, 3.05) is 26.9 Å². The number of hydrogen-bond acceptors (Lipinski definition) is 4. The molecule has 24 heavy (non-hydrogen) atoms. The van der Waals surface area contributed by atoms with Gasteiger partial charge in [-0.05, 0) is 32.1 Å². The minimum absolute atomic E-state index is 0.0731. The molecule has 6 heteroatoms. The predicted molar refractivity (Wildman–Crippen MR) is 87.5 cm³/mol. The van der Waals surface area contributed by atoms with Gasteiger partial charge < -0.3 is 19.5 Å². The summed E-state index contributed by atoms with van der Waals surface area (Å²) < 4.78 is 11.3. The molecule has 0 aromatic rings. The Kier molecular flexibility index (Phi) is 5.76. The van der Waals surface area contributed by atoms with E-state index in [9.17, 15) is 14.7 Å². The van der Waals surface area contributed by atoms with E-state index in [0.29, 0.717) is 38.5 Å². The number of carboxylic acids is 1. The molecule has 5 atom stereocenters. The van der Waals surface area contributed by atoms with Crippen LogP contribution in [0, 0.1) is 17.8 Å². The normalized spacial score (nSPS) is 37.4. The van der Waals surface area contributed by atoms with Crippen LogP contribution in [-0.4, -0.2) is 60.9 Å². The average Bonchev–Trinajstić information content (AvgIpc) is 3.09. The summed E-state index contributed by atoms with van der Waals surface area (Å²) in [5, 5.41) is 9.28. The van der Waals surface area contributed by atoms with Gasteiger partial charge in [-0.15, -0.1) is 0 Å². The Bertz CT molecular complexity index is 468. The molecule has 136 valence electrons. The number of nitrogens with zero attached hydrogens (tertiary/aromatic N) is 1. The second-order valence-electron chi connectivity index (χ2n) is 7.44. The minimum atomic E-state index is -0.763. The highest BCUT2D eigenvalue weighted by molar-refractivity contribution is 5.80. The number of aliphatic carboxylic acids is 1. The van der Waals surface area contributed by atoms with E-state index in [1.807, 2.05) is 4.90 Å². The van der Waals surface area contributed by atoms with Crippen molar-refractivity contribution in [1.82, 2.24) is 4.90 Å². The van der Waals surface area contributed by atoms with Gasteiger partial charge in [-0.2, -0.15) is 0 Å². The highest BCUT2D eigenvalue weighted by Gasteiger charge is 2.42. The molecule has 3 aliphatic rings. The first-order valence-electron chi connectivity index (χ1n) is 9.25. The molecular weight excluding hydrogens is 310 g/mol. The highest BCUT2D eigenvalue weighted by Crippen LogP contribution is 2.36. The number of ether oxygens (including phenoxy) is 2. The lowest BCUT2D eigenvalue weighted by Crippen LogP contribution is -2.55. The smallest absolute Gasteiger partial charge is 0.306 e. The SMILES string of the molecule is COC1CCCC1C1COCCN1C(=O)C1CCCC(C(=O)O)C1. The molecule has 0 aromatic carbocycles. The first-order valence-corrected chi connectivity index (χ1v) is 9.25. The Morgan fingerprint density at radius 3 is 2.62 bits per heavy atom. The lowest BCUT2D eigenvalue weighted by molar-refractivity contribution is -0.152. The summed E-state index contributed by atoms with van der Waals surface area (Å²) in [6.45, 7) is 1.76. The van der Waals surface area contributed by atoms with Gasteiger partial charge in [0.25, 0.3) is 0 Å². The molecule has 3 rings (SSSR count). The number of carbonyl (C=O) groups is 2. The summed E-state index contributed by atoms with van der Waals surface area (Å²) in [5.74, 6) is -0.816. The van der Waals surface area contributed by atoms with E-state index in [2.05, 4.69) is 0 Å². The molecule has 2 aliphatic carbocycles. The molecule has 0 spiro atoms. The summed E-state index contributed by atoms with van der Waals surface area (Å²) in [5.41, 5.74) is 0. The lowest BCUT2D eigenvalue weighted by Gasteiger charge is -2.43. The van der Waals surface area contributed by atoms with E-state index in [1.165, 1.54) is 0 Å². The van der Waals surface area contributed by atoms with Crippen LogP contribution in [0.5, 0.6) is 0 Å². The van der Waals surface area contributed by atoms with E-state index in [1.54, 1.807) is 7.11 Å². The molecule has 0 bridgehead atoms. The first-order chi connectivity index (χ1) is 11.6. The fourth-order valence-electron chi connectivity index (χ4n) is 4.81. The van der Waals surface area contributed by atoms with Crippen LogP contribution in [0.3, 0.4) is 0 Å². The van der Waals surface area contributed by atoms with Crippen LogP contribution in [0.15, 0.2) is 0 Å². The maximum absolute atomic E-state index is 13.1. The molecule has 6 nitrogen and oxygen atoms in total. The van der Waals surface area contributed by atoms with Crippen LogP contribution in [-0.2, 0) is 19.1 Å². The van der Waals surface area contributed by atoms with Gasteiger partial charge in [-0.3, -0.25) is 9.59 Å². The number of carbonyl (C=O) groups excluding carboxylic acids is 1. The minimum Gasteiger partial charge on any atom is -0.481 e. The third kappa shape index (κ3) is 3.59. The molecule has 0 radical (unpaired) electrons. The van der Waals surface area contributed by atoms with Gasteiger partial charge in [0, 0.05) is 25.5 Å². The van der Waals surface area contributed by atoms with Crippen molar-refractivity contribution >= 4 is 11.9 Å². The second-order valence-corrected chi connectivity index (χ2v) is 7.44. The third-order valence-corrected chi connectivity index (χ3v) is 6.12. The van der Waals surface area contributed by atoms with Crippen molar-refractivity contribution in [3.05, 3.63) is 0 Å². The molecule has 1 N–H and O–H groups in total. The molecule has 1 heterocycles. The Hall–Kier alpha value is -1.14. The van der Waals surface area contributed by atoms with Crippen molar-refractivity contribution < 1.29 is 24.2 Å². The van der Waals surface area contributed by atoms with Gasteiger partial charge in [0.1, 0.15) is 0 Å². The Morgan fingerprint density at radius 1 is 1.12 bits per heavy atom. The largest absolute Gasteiger partial charge is 0.481 e. The van der Waals surface area contributed by atoms with Crippen LogP contribution >= 0.6 is 0 Å². The molecule has 0 aromatic heterocycles. The quantitative estimate of drug-likeness (QED) is 0.847. The summed E-state index contributed by atoms with van der Waals surface area (Å²) in [6, 6.07) is 0.0731. The van der Waals surface area contributed by atoms with Gasteiger partial charge in [0.2, 0.25) is 5.91 Å². The summed E-state index contributed by atoms with van der Waals surface area (Å²) >= 11 is 0. The monoisotopic (exact) mass is 339 g/mol. The maximum atomic E-state index is 13.1. The molecule has 2 saturated carbocycles. The lowest BCUT2D eigenvalue weighted by atomic mass is 9.80. The third-order valence-electron chi connectivity index (χ3n) is 6.12. The summed E-state index contributed by atoms with van der Waals surface area (Å²) in [6.07, 6.45) is 6.26. The summed E-state index contributed by atoms with van der Waals surface area (Å²) in [7, 11) is 1.75. The van der Waals surface area contributed by atoms with E-state index < -0.39 is 5.97 Å². The maximum Gasteiger partial charge on any atom is 0.306 e. The molecule has 3 fully saturated rings. The van der Waals surface area contributed by atoms with Gasteiger partial charge >= 0.3 is 5.97 Å². The van der Waals surface area contributed by atoms with Crippen LogP contribution in [0.25, 0.3) is 0 Å². The topological polar surface area (TPSA) is 76.1 Å². The standard InChI is InChI=1S/C18H29NO5/c1-23-16-7-3-6-14(16)15-11-24-9-8-19(15)17(20)12-4-2-5-13(10-12)18(21)22/h12-16H,2-11H2,1H3,(H,21,22). The predicted octanol–water partition coefficient (Wildman–Crippen LogP) is 1.92. The number of carboxylic acid groups (broad SMARTS) is 1. The van der Waals surface area contributed by atoms with Crippen molar-refractivity contribution in [1.29, 1.82) is 0 Å². The Balaban J connectivity index is 1.70. The van der Waals surface area contributed by atoms with Gasteiger partial charge in [0.15, 0.2) is 0 Å². The number of methoxy groups -OCH3 is 1. The van der Waals surface area contributed by atoms with Crippen molar-refractivity contribution in [3.63, 3.8) is 0 Å². The fourth-order valence-corrected chi connectivity index (χ4v) is 4.81. The number of hydrogen-bond donors (Lipinski definition) is 1. The van der Waals surface area contributed by atoms with Crippen molar-refractivity contribution in [3.8, 4) is 0 Å². The van der Waals surface area contributed by atoms with Crippen LogP contribution in [0.4, 0.5) is 0 Å². The van der Waals surface area contributed by atoms with Crippen LogP contribution < -0.4 is 0 Å². The van der Waals surface area contributed by atoms with Gasteiger partial charge in [0.05, 0.1) is 31.3 Å². The van der Waals surface area contributed by atoms with Crippen molar-refractivity contribution in [2.45, 2.75) is 57.1 Å². The molecule has 1 amide bonds. The molecular formula is C18H29NO5. The first kappa shape index (κ1) is 17.7. The number of rotatable bonds is 4. The zero-order chi connectivity index (χ0) is 17.1. The Morgan fingerprint density at radius 2 is 1.88 bits per heavy atom. The van der Waals surface area contributed by atoms with E-state index in [0.717, 1.165) is 32.1 Å². The fraction of sp³-hybridized carbons (Fsp3) is 0.889. The highest BCUT2D eigenvalue weighted by atomic mass is 16.5. The summed E-state index contributed by atoms with van der Waals surface area (Å²) in [4.78, 5) is 26.4. The van der Waals surface area contributed by atoms with Crippen LogP contribution in [0.2, 0.25) is 0 Å². The van der Waals surface area contributed by atoms with E-state index in [4.69, 9.17) is 9.47 Å². The van der Waals surface area contributed by atoms with E-state index in [-0.39, 0.29) is 29.9 Å². The zero-order valence-corrected chi connectivity index (χ0v) is 14.5. The molecule has 5 unspecified atom stereocenters. The average molecular weight is 339 g/mol. The van der Waals surface area contributed by atoms with Crippen molar-refractivity contribution in [2.24, 2.45) is 17.8 Å². The van der Waals surface area contributed by atoms with Gasteiger partial charge in [-0.25, -0.2) is 0 Å². The van der Waals surface area contributed by atoms with E-state index >= 15 is 0 Å². The second kappa shape index (κ2) is 7.83.